The molecule has 0 saturated heterocycles. The topological polar surface area (TPSA) is 109 Å². The molecule has 1 rings (SSSR count). The van der Waals surface area contributed by atoms with Crippen molar-refractivity contribution >= 4 is 17.7 Å². The minimum Gasteiger partial charge on any atom is -0.480 e. The maximum atomic E-state index is 11.0. The summed E-state index contributed by atoms with van der Waals surface area (Å²) in [6.45, 7) is 3.30. The lowest BCUT2D eigenvalue weighted by Gasteiger charge is -2.22. The minimum absolute atomic E-state index is 0.0633. The molecule has 6 nitrogen and oxygen atoms in total. The monoisotopic (exact) mass is 257 g/mol. The number of hydrogen-bond acceptors (Lipinski definition) is 5. The number of aromatic nitrogens is 2. The summed E-state index contributed by atoms with van der Waals surface area (Å²) in [6, 6.07) is 1.32. The Morgan fingerprint density at radius 3 is 2.94 bits per heavy atom. The van der Waals surface area contributed by atoms with E-state index >= 15 is 0 Å². The van der Waals surface area contributed by atoms with Gasteiger partial charge in [0.2, 0.25) is 0 Å². The number of nitrogens with two attached hydrogens (primary N) is 1. The molecule has 7 heteroatoms. The highest BCUT2D eigenvalue weighted by atomic mass is 32.2. The first-order valence-electron chi connectivity index (χ1n) is 5.05. The molecule has 1 aromatic heterocycles. The van der Waals surface area contributed by atoms with Gasteiger partial charge in [0.25, 0.3) is 5.56 Å². The summed E-state index contributed by atoms with van der Waals surface area (Å²) in [7, 11) is 0. The quantitative estimate of drug-likeness (QED) is 0.521. The second-order valence-corrected chi connectivity index (χ2v) is 5.52. The molecule has 0 saturated carbocycles. The van der Waals surface area contributed by atoms with Gasteiger partial charge in [-0.3, -0.25) is 9.59 Å². The Bertz CT molecular complexity index is 458. The van der Waals surface area contributed by atoms with Crippen LogP contribution in [0.4, 0.5) is 0 Å². The molecule has 17 heavy (non-hydrogen) atoms. The van der Waals surface area contributed by atoms with Crippen molar-refractivity contribution in [3.8, 4) is 0 Å². The smallest absolute Gasteiger partial charge is 0.323 e. The molecule has 0 aliphatic rings. The fourth-order valence-electron chi connectivity index (χ4n) is 1.33. The van der Waals surface area contributed by atoms with Crippen molar-refractivity contribution in [1.82, 2.24) is 9.97 Å². The Kier molecular flexibility index (Phi) is 4.30. The SMILES string of the molecule is CC(CC(C)(N)C(=O)O)Sc1nccc(=O)[nH]1. The van der Waals surface area contributed by atoms with Crippen LogP contribution in [-0.4, -0.2) is 31.8 Å². The van der Waals surface area contributed by atoms with Crippen molar-refractivity contribution in [2.24, 2.45) is 5.73 Å². The van der Waals surface area contributed by atoms with Gasteiger partial charge in [-0.1, -0.05) is 18.7 Å². The lowest BCUT2D eigenvalue weighted by Crippen LogP contribution is -2.46. The van der Waals surface area contributed by atoms with Gasteiger partial charge in [0.05, 0.1) is 0 Å². The van der Waals surface area contributed by atoms with Crippen LogP contribution in [0.1, 0.15) is 20.3 Å². The highest BCUT2D eigenvalue weighted by Gasteiger charge is 2.30. The van der Waals surface area contributed by atoms with Gasteiger partial charge in [0.15, 0.2) is 5.16 Å². The van der Waals surface area contributed by atoms with E-state index in [2.05, 4.69) is 9.97 Å². The summed E-state index contributed by atoms with van der Waals surface area (Å²) in [6.07, 6.45) is 1.69. The molecule has 0 bridgehead atoms. The van der Waals surface area contributed by atoms with Crippen LogP contribution in [0.2, 0.25) is 0 Å². The average molecular weight is 257 g/mol. The molecule has 0 aliphatic heterocycles. The second kappa shape index (κ2) is 5.33. The second-order valence-electron chi connectivity index (χ2n) is 4.09. The van der Waals surface area contributed by atoms with Gasteiger partial charge in [0.1, 0.15) is 5.54 Å². The number of aromatic amines is 1. The lowest BCUT2D eigenvalue weighted by atomic mass is 9.98. The molecule has 0 aliphatic carbocycles. The van der Waals surface area contributed by atoms with Crippen molar-refractivity contribution in [3.63, 3.8) is 0 Å². The Morgan fingerprint density at radius 1 is 1.76 bits per heavy atom. The van der Waals surface area contributed by atoms with Crippen LogP contribution in [0.15, 0.2) is 22.2 Å². The van der Waals surface area contributed by atoms with E-state index in [-0.39, 0.29) is 17.2 Å². The number of hydrogen-bond donors (Lipinski definition) is 3. The molecule has 0 aromatic carbocycles. The molecular formula is C10H15N3O3S. The first-order valence-corrected chi connectivity index (χ1v) is 5.93. The Hall–Kier alpha value is -1.34. The molecule has 2 unspecified atom stereocenters. The van der Waals surface area contributed by atoms with E-state index < -0.39 is 11.5 Å². The minimum atomic E-state index is -1.28. The van der Waals surface area contributed by atoms with E-state index in [4.69, 9.17) is 10.8 Å². The van der Waals surface area contributed by atoms with Crippen LogP contribution in [0.3, 0.4) is 0 Å². The summed E-state index contributed by atoms with van der Waals surface area (Å²) in [5, 5.41) is 9.29. The molecule has 1 aromatic rings. The molecule has 2 atom stereocenters. The first kappa shape index (κ1) is 13.7. The molecule has 0 fully saturated rings. The van der Waals surface area contributed by atoms with Gasteiger partial charge >= 0.3 is 5.97 Å². The van der Waals surface area contributed by atoms with Crippen molar-refractivity contribution in [2.75, 3.05) is 0 Å². The fourth-order valence-corrected chi connectivity index (χ4v) is 2.42. The van der Waals surface area contributed by atoms with Crippen LogP contribution in [-0.2, 0) is 4.79 Å². The highest BCUT2D eigenvalue weighted by molar-refractivity contribution is 7.99. The first-order chi connectivity index (χ1) is 7.81. The maximum absolute atomic E-state index is 11.0. The van der Waals surface area contributed by atoms with Crippen LogP contribution >= 0.6 is 11.8 Å². The van der Waals surface area contributed by atoms with Gasteiger partial charge in [-0.25, -0.2) is 4.98 Å². The number of nitrogens with one attached hydrogen (secondary N) is 1. The van der Waals surface area contributed by atoms with E-state index in [0.29, 0.717) is 5.16 Å². The summed E-state index contributed by atoms with van der Waals surface area (Å²) < 4.78 is 0. The highest BCUT2D eigenvalue weighted by Crippen LogP contribution is 2.24. The number of carboxylic acids is 1. The molecule has 0 radical (unpaired) electrons. The van der Waals surface area contributed by atoms with Crippen molar-refractivity contribution in [2.45, 2.75) is 36.2 Å². The van der Waals surface area contributed by atoms with Gasteiger partial charge in [-0.05, 0) is 13.3 Å². The van der Waals surface area contributed by atoms with Gasteiger partial charge in [-0.15, -0.1) is 0 Å². The van der Waals surface area contributed by atoms with Gasteiger partial charge < -0.3 is 15.8 Å². The summed E-state index contributed by atoms with van der Waals surface area (Å²) in [5.41, 5.74) is 4.13. The third kappa shape index (κ3) is 4.20. The van der Waals surface area contributed by atoms with Gasteiger partial charge in [-0.2, -0.15) is 0 Å². The zero-order chi connectivity index (χ0) is 13.1. The molecule has 0 spiro atoms. The number of carboxylic acid groups (broad SMARTS) is 1. The fraction of sp³-hybridized carbons (Fsp3) is 0.500. The van der Waals surface area contributed by atoms with Crippen molar-refractivity contribution in [1.29, 1.82) is 0 Å². The predicted octanol–water partition coefficient (Wildman–Crippen LogP) is 0.443. The van der Waals surface area contributed by atoms with Crippen molar-refractivity contribution < 1.29 is 9.90 Å². The number of carbonyl (C=O) groups is 1. The average Bonchev–Trinajstić information content (AvgIpc) is 2.15. The number of nitrogens with zero attached hydrogens (tertiary/aromatic N) is 1. The Labute approximate surface area is 103 Å². The normalized spacial score (nSPS) is 16.2. The van der Waals surface area contributed by atoms with Crippen LogP contribution < -0.4 is 11.3 Å². The molecule has 1 heterocycles. The van der Waals surface area contributed by atoms with E-state index in [0.717, 1.165) is 0 Å². The third-order valence-electron chi connectivity index (χ3n) is 2.16. The molecule has 94 valence electrons. The molecular weight excluding hydrogens is 242 g/mol. The van der Waals surface area contributed by atoms with Crippen LogP contribution in [0.5, 0.6) is 0 Å². The Morgan fingerprint density at radius 2 is 2.41 bits per heavy atom. The van der Waals surface area contributed by atoms with Crippen LogP contribution in [0, 0.1) is 0 Å². The standard InChI is InChI=1S/C10H15N3O3S/c1-6(5-10(2,11)8(15)16)17-9-12-4-3-7(14)13-9/h3-4,6H,5,11H2,1-2H3,(H,15,16)(H,12,13,14). The summed E-state index contributed by atoms with van der Waals surface area (Å²) in [5.74, 6) is -1.04. The third-order valence-corrected chi connectivity index (χ3v) is 3.16. The number of aliphatic carboxylic acids is 1. The largest absolute Gasteiger partial charge is 0.480 e. The lowest BCUT2D eigenvalue weighted by molar-refractivity contribution is -0.142. The van der Waals surface area contributed by atoms with E-state index in [9.17, 15) is 9.59 Å². The molecule has 0 amide bonds. The van der Waals surface area contributed by atoms with Crippen LogP contribution in [0.25, 0.3) is 0 Å². The maximum Gasteiger partial charge on any atom is 0.323 e. The number of thioether (sulfide) groups is 1. The van der Waals surface area contributed by atoms with E-state index in [1.165, 1.54) is 30.9 Å². The summed E-state index contributed by atoms with van der Waals surface area (Å²) in [4.78, 5) is 28.4. The zero-order valence-electron chi connectivity index (χ0n) is 9.64. The van der Waals surface area contributed by atoms with Gasteiger partial charge in [0, 0.05) is 17.5 Å². The summed E-state index contributed by atoms with van der Waals surface area (Å²) >= 11 is 1.29. The van der Waals surface area contributed by atoms with Crippen molar-refractivity contribution in [3.05, 3.63) is 22.6 Å². The predicted molar refractivity (Wildman–Crippen MR) is 65.0 cm³/mol. The number of rotatable bonds is 5. The van der Waals surface area contributed by atoms with E-state index in [1.807, 2.05) is 6.92 Å². The zero-order valence-corrected chi connectivity index (χ0v) is 10.5. The molecule has 4 N–H and O–H groups in total. The van der Waals surface area contributed by atoms with E-state index in [1.54, 1.807) is 0 Å². The number of H-pyrrole nitrogens is 1. The Balaban J connectivity index is 2.64.